The molecule has 0 saturated carbocycles. The molecular formula is C18H17ClN4O5S. The number of amides is 4. The van der Waals surface area contributed by atoms with Crippen molar-refractivity contribution in [2.75, 3.05) is 16.3 Å². The molecule has 1 aliphatic rings. The van der Waals surface area contributed by atoms with Crippen molar-refractivity contribution >= 4 is 50.8 Å². The highest BCUT2D eigenvalue weighted by Crippen LogP contribution is 2.27. The molecule has 3 rings (SSSR count). The first-order valence-corrected chi connectivity index (χ1v) is 10.6. The maximum Gasteiger partial charge on any atom is 0.322 e. The molecule has 4 N–H and O–H groups in total. The van der Waals surface area contributed by atoms with Crippen LogP contribution in [-0.4, -0.2) is 32.5 Å². The van der Waals surface area contributed by atoms with E-state index < -0.39 is 33.4 Å². The predicted octanol–water partition coefficient (Wildman–Crippen LogP) is 2.02. The monoisotopic (exact) mass is 436 g/mol. The van der Waals surface area contributed by atoms with E-state index in [1.165, 1.54) is 18.2 Å². The van der Waals surface area contributed by atoms with Crippen LogP contribution in [0.15, 0.2) is 42.5 Å². The summed E-state index contributed by atoms with van der Waals surface area (Å²) in [6.07, 6.45) is 0.972. The second-order valence-electron chi connectivity index (χ2n) is 6.64. The molecule has 11 heteroatoms. The van der Waals surface area contributed by atoms with Crippen LogP contribution in [0.25, 0.3) is 0 Å². The fourth-order valence-electron chi connectivity index (χ4n) is 2.80. The summed E-state index contributed by atoms with van der Waals surface area (Å²) in [5, 5.41) is 7.54. The molecule has 1 atom stereocenters. The fraction of sp³-hybridized carbons (Fsp3) is 0.167. The molecule has 0 aliphatic carbocycles. The number of rotatable bonds is 5. The largest absolute Gasteiger partial charge is 0.322 e. The standard InChI is InChI=1S/C18H17ClN4O5S/c1-18(16(25)21-17(26)22-18)11-4-3-5-12(9-11)20-15(24)10-6-7-13(19)14(8-10)23-29(2,27)28/h3-9,23H,1-2H3,(H,20,24)(H2,21,22,25,26). The van der Waals surface area contributed by atoms with E-state index in [0.29, 0.717) is 11.3 Å². The topological polar surface area (TPSA) is 133 Å². The number of hydrogen-bond acceptors (Lipinski definition) is 5. The number of urea groups is 1. The number of carbonyl (C=O) groups excluding carboxylic acids is 3. The van der Waals surface area contributed by atoms with Crippen molar-refractivity contribution in [1.82, 2.24) is 10.6 Å². The third-order valence-electron chi connectivity index (χ3n) is 4.27. The van der Waals surface area contributed by atoms with Crippen molar-refractivity contribution in [3.63, 3.8) is 0 Å². The summed E-state index contributed by atoms with van der Waals surface area (Å²) >= 11 is 5.97. The van der Waals surface area contributed by atoms with Gasteiger partial charge in [0, 0.05) is 11.3 Å². The maximum atomic E-state index is 12.6. The summed E-state index contributed by atoms with van der Waals surface area (Å²) in [5.74, 6) is -1.01. The molecule has 0 radical (unpaired) electrons. The summed E-state index contributed by atoms with van der Waals surface area (Å²) in [6, 6.07) is 10.0. The minimum atomic E-state index is -3.57. The smallest absolute Gasteiger partial charge is 0.322 e. The van der Waals surface area contributed by atoms with Gasteiger partial charge in [0.05, 0.1) is 17.0 Å². The minimum absolute atomic E-state index is 0.0772. The molecule has 1 unspecified atom stereocenters. The van der Waals surface area contributed by atoms with Crippen LogP contribution in [0.2, 0.25) is 5.02 Å². The molecule has 2 aromatic rings. The van der Waals surface area contributed by atoms with Crippen LogP contribution < -0.4 is 20.7 Å². The van der Waals surface area contributed by atoms with E-state index in [2.05, 4.69) is 20.7 Å². The molecule has 2 aromatic carbocycles. The first-order valence-electron chi connectivity index (χ1n) is 8.31. The van der Waals surface area contributed by atoms with Gasteiger partial charge in [-0.3, -0.25) is 19.6 Å². The zero-order chi connectivity index (χ0) is 21.4. The van der Waals surface area contributed by atoms with Crippen LogP contribution in [0.3, 0.4) is 0 Å². The Kier molecular flexibility index (Phi) is 5.24. The van der Waals surface area contributed by atoms with E-state index in [9.17, 15) is 22.8 Å². The number of anilines is 2. The second-order valence-corrected chi connectivity index (χ2v) is 8.79. The van der Waals surface area contributed by atoms with Gasteiger partial charge in [-0.25, -0.2) is 13.2 Å². The van der Waals surface area contributed by atoms with E-state index in [1.807, 2.05) is 0 Å². The Morgan fingerprint density at radius 2 is 1.86 bits per heavy atom. The van der Waals surface area contributed by atoms with Crippen LogP contribution in [-0.2, 0) is 20.4 Å². The molecule has 0 aromatic heterocycles. The number of imide groups is 1. The molecule has 152 valence electrons. The summed E-state index contributed by atoms with van der Waals surface area (Å²) in [5.41, 5.74) is -0.146. The van der Waals surface area contributed by atoms with Crippen molar-refractivity contribution in [2.24, 2.45) is 0 Å². The lowest BCUT2D eigenvalue weighted by atomic mass is 9.92. The Morgan fingerprint density at radius 1 is 1.14 bits per heavy atom. The molecular weight excluding hydrogens is 420 g/mol. The highest BCUT2D eigenvalue weighted by molar-refractivity contribution is 7.92. The van der Waals surface area contributed by atoms with Crippen LogP contribution in [0.4, 0.5) is 16.2 Å². The summed E-state index contributed by atoms with van der Waals surface area (Å²) in [7, 11) is -3.57. The lowest BCUT2D eigenvalue weighted by Gasteiger charge is -2.21. The summed E-state index contributed by atoms with van der Waals surface area (Å²) in [6.45, 7) is 1.55. The summed E-state index contributed by atoms with van der Waals surface area (Å²) in [4.78, 5) is 36.2. The average Bonchev–Trinajstić information content (AvgIpc) is 2.89. The van der Waals surface area contributed by atoms with Crippen molar-refractivity contribution in [1.29, 1.82) is 0 Å². The Hall–Kier alpha value is -3.11. The van der Waals surface area contributed by atoms with Crippen LogP contribution in [0.5, 0.6) is 0 Å². The van der Waals surface area contributed by atoms with E-state index in [0.717, 1.165) is 6.26 Å². The van der Waals surface area contributed by atoms with Gasteiger partial charge in [0.1, 0.15) is 5.54 Å². The Morgan fingerprint density at radius 3 is 2.48 bits per heavy atom. The zero-order valence-electron chi connectivity index (χ0n) is 15.4. The van der Waals surface area contributed by atoms with Gasteiger partial charge in [-0.15, -0.1) is 0 Å². The highest BCUT2D eigenvalue weighted by atomic mass is 35.5. The normalized spacial score (nSPS) is 18.7. The Balaban J connectivity index is 1.84. The van der Waals surface area contributed by atoms with Crippen molar-refractivity contribution in [3.8, 4) is 0 Å². The highest BCUT2D eigenvalue weighted by Gasteiger charge is 2.43. The first-order chi connectivity index (χ1) is 13.5. The molecule has 1 heterocycles. The molecule has 1 aliphatic heterocycles. The average molecular weight is 437 g/mol. The quantitative estimate of drug-likeness (QED) is 0.532. The SMILES string of the molecule is CC1(c2cccc(NC(=O)c3ccc(Cl)c(NS(C)(=O)=O)c3)c2)NC(=O)NC1=O. The lowest BCUT2D eigenvalue weighted by Crippen LogP contribution is -2.40. The van der Waals surface area contributed by atoms with Crippen molar-refractivity contribution in [3.05, 3.63) is 58.6 Å². The second kappa shape index (κ2) is 7.37. The number of halogens is 1. The molecule has 29 heavy (non-hydrogen) atoms. The number of benzene rings is 2. The fourth-order valence-corrected chi connectivity index (χ4v) is 3.59. The van der Waals surface area contributed by atoms with Crippen LogP contribution in [0, 0.1) is 0 Å². The van der Waals surface area contributed by atoms with Gasteiger partial charge < -0.3 is 10.6 Å². The van der Waals surface area contributed by atoms with Crippen LogP contribution in [0.1, 0.15) is 22.8 Å². The lowest BCUT2D eigenvalue weighted by molar-refractivity contribution is -0.123. The van der Waals surface area contributed by atoms with E-state index in [1.54, 1.807) is 31.2 Å². The minimum Gasteiger partial charge on any atom is -0.322 e. The molecule has 0 bridgehead atoms. The third kappa shape index (κ3) is 4.49. The number of carbonyl (C=O) groups is 3. The number of nitrogens with one attached hydrogen (secondary N) is 4. The van der Waals surface area contributed by atoms with Gasteiger partial charge in [-0.2, -0.15) is 0 Å². The molecule has 0 spiro atoms. The van der Waals surface area contributed by atoms with E-state index in [-0.39, 0.29) is 16.3 Å². The van der Waals surface area contributed by atoms with Crippen molar-refractivity contribution in [2.45, 2.75) is 12.5 Å². The van der Waals surface area contributed by atoms with Gasteiger partial charge >= 0.3 is 6.03 Å². The molecule has 9 nitrogen and oxygen atoms in total. The van der Waals surface area contributed by atoms with Gasteiger partial charge in [-0.1, -0.05) is 23.7 Å². The third-order valence-corrected chi connectivity index (χ3v) is 5.19. The molecule has 4 amide bonds. The number of sulfonamides is 1. The Bertz CT molecular complexity index is 1130. The maximum absolute atomic E-state index is 12.6. The van der Waals surface area contributed by atoms with E-state index >= 15 is 0 Å². The van der Waals surface area contributed by atoms with Gasteiger partial charge in [-0.05, 0) is 42.8 Å². The van der Waals surface area contributed by atoms with Crippen molar-refractivity contribution < 1.29 is 22.8 Å². The number of hydrogen-bond donors (Lipinski definition) is 4. The predicted molar refractivity (Wildman–Crippen MR) is 108 cm³/mol. The van der Waals surface area contributed by atoms with E-state index in [4.69, 9.17) is 11.6 Å². The molecule has 1 saturated heterocycles. The Labute approximate surface area is 171 Å². The van der Waals surface area contributed by atoms with Gasteiger partial charge in [0.2, 0.25) is 10.0 Å². The first kappa shape index (κ1) is 20.6. The van der Waals surface area contributed by atoms with Gasteiger partial charge in [0.15, 0.2) is 0 Å². The summed E-state index contributed by atoms with van der Waals surface area (Å²) < 4.78 is 25.1. The van der Waals surface area contributed by atoms with Gasteiger partial charge in [0.25, 0.3) is 11.8 Å². The van der Waals surface area contributed by atoms with Crippen LogP contribution >= 0.6 is 11.6 Å². The molecule has 1 fully saturated rings. The zero-order valence-corrected chi connectivity index (χ0v) is 16.9.